The van der Waals surface area contributed by atoms with Crippen LogP contribution in [0.1, 0.15) is 96.1 Å². The maximum atomic E-state index is 14.0. The first-order valence-electron chi connectivity index (χ1n) is 15.3. The highest BCUT2D eigenvalue weighted by Gasteiger charge is 2.38. The standard InChI is InChI=1S/C31H45N5O2.ClH/c1-21-17-24-18-23(14-15-26(24)29(32)34-21)20-33-30(37)28-13-8-16-36(28)31(38)27(19-22-9-4-2-5-10-22)35-25-11-6-3-7-12-25;/h14-15,17-18,22,25,27-28,35H,2-13,16,19-20H2,1H3,(H2,32,34)(H,33,37);1H/t27-,28-;/m0./s1/i22D;. The van der Waals surface area contributed by atoms with Crippen molar-refractivity contribution in [2.24, 2.45) is 5.89 Å². The highest BCUT2D eigenvalue weighted by Crippen LogP contribution is 2.30. The molecular weight excluding hydrogens is 510 g/mol. The van der Waals surface area contributed by atoms with Gasteiger partial charge in [0, 0.05) is 31.6 Å². The Labute approximate surface area is 240 Å². The number of amides is 2. The predicted octanol–water partition coefficient (Wildman–Crippen LogP) is 5.42. The van der Waals surface area contributed by atoms with E-state index in [0.29, 0.717) is 37.8 Å². The summed E-state index contributed by atoms with van der Waals surface area (Å²) in [6, 6.07) is 7.45. The highest BCUT2D eigenvalue weighted by atomic mass is 35.5. The van der Waals surface area contributed by atoms with E-state index in [-0.39, 0.29) is 30.3 Å². The lowest BCUT2D eigenvalue weighted by Gasteiger charge is -2.35. The number of nitrogens with zero attached hydrogens (tertiary/aromatic N) is 2. The van der Waals surface area contributed by atoms with Gasteiger partial charge in [0.1, 0.15) is 11.9 Å². The number of benzene rings is 1. The number of carbonyl (C=O) groups excluding carboxylic acids is 2. The lowest BCUT2D eigenvalue weighted by Crippen LogP contribution is -2.54. The minimum atomic E-state index is -0.551. The van der Waals surface area contributed by atoms with Gasteiger partial charge in [-0.2, -0.15) is 0 Å². The number of fused-ring (bicyclic) bond motifs is 1. The van der Waals surface area contributed by atoms with Gasteiger partial charge in [0.05, 0.1) is 6.04 Å². The fourth-order valence-corrected chi connectivity index (χ4v) is 6.71. The van der Waals surface area contributed by atoms with Crippen molar-refractivity contribution in [2.45, 2.75) is 115 Å². The van der Waals surface area contributed by atoms with E-state index in [9.17, 15) is 9.59 Å². The average molecular weight is 557 g/mol. The van der Waals surface area contributed by atoms with Crippen LogP contribution in [0.25, 0.3) is 10.8 Å². The first kappa shape index (κ1) is 28.2. The van der Waals surface area contributed by atoms with Gasteiger partial charge in [-0.15, -0.1) is 12.4 Å². The molecule has 2 aliphatic carbocycles. The zero-order chi connectivity index (χ0) is 27.4. The molecule has 214 valence electrons. The fourth-order valence-electron chi connectivity index (χ4n) is 6.71. The zero-order valence-electron chi connectivity index (χ0n) is 24.3. The molecule has 3 aliphatic rings. The number of hydrogen-bond acceptors (Lipinski definition) is 5. The number of hydrogen-bond donors (Lipinski definition) is 3. The molecule has 0 radical (unpaired) electrons. The Morgan fingerprint density at radius 1 is 1.05 bits per heavy atom. The summed E-state index contributed by atoms with van der Waals surface area (Å²) in [6.45, 7) is 2.92. The molecule has 1 aromatic heterocycles. The molecule has 8 heteroatoms. The van der Waals surface area contributed by atoms with Gasteiger partial charge in [0.25, 0.3) is 0 Å². The zero-order valence-corrected chi connectivity index (χ0v) is 24.2. The molecule has 2 saturated carbocycles. The Morgan fingerprint density at radius 2 is 1.77 bits per heavy atom. The van der Waals surface area contributed by atoms with Crippen molar-refractivity contribution in [2.75, 3.05) is 12.3 Å². The van der Waals surface area contributed by atoms with Gasteiger partial charge in [-0.05, 0) is 68.0 Å². The van der Waals surface area contributed by atoms with Crippen LogP contribution in [0.15, 0.2) is 24.3 Å². The number of aromatic nitrogens is 1. The third-order valence-corrected chi connectivity index (χ3v) is 8.75. The second-order valence-electron chi connectivity index (χ2n) is 11.7. The van der Waals surface area contributed by atoms with Crippen LogP contribution in [0.4, 0.5) is 5.82 Å². The number of aryl methyl sites for hydroxylation is 1. The predicted molar refractivity (Wildman–Crippen MR) is 160 cm³/mol. The van der Waals surface area contributed by atoms with Crippen molar-refractivity contribution in [1.29, 1.82) is 0 Å². The number of nitrogen functional groups attached to an aromatic ring is 1. The van der Waals surface area contributed by atoms with Crippen LogP contribution in [0.5, 0.6) is 0 Å². The number of nitrogens with one attached hydrogen (secondary N) is 2. The van der Waals surface area contributed by atoms with Crippen molar-refractivity contribution in [3.8, 4) is 0 Å². The number of halogens is 1. The first-order chi connectivity index (χ1) is 18.8. The summed E-state index contributed by atoms with van der Waals surface area (Å²) in [5.74, 6) is -0.120. The normalized spacial score (nSPS) is 22.6. The minimum Gasteiger partial charge on any atom is -0.383 e. The number of nitrogens with two attached hydrogens (primary N) is 1. The molecule has 39 heavy (non-hydrogen) atoms. The lowest BCUT2D eigenvalue weighted by atomic mass is 9.84. The summed E-state index contributed by atoms with van der Waals surface area (Å²) in [5.41, 5.74) is 7.92. The van der Waals surface area contributed by atoms with Gasteiger partial charge < -0.3 is 21.3 Å². The van der Waals surface area contributed by atoms with Gasteiger partial charge in [-0.1, -0.05) is 63.5 Å². The van der Waals surface area contributed by atoms with Crippen LogP contribution in [-0.4, -0.2) is 46.4 Å². The summed E-state index contributed by atoms with van der Waals surface area (Å²) < 4.78 is 9.11. The van der Waals surface area contributed by atoms with Crippen LogP contribution < -0.4 is 16.4 Å². The van der Waals surface area contributed by atoms with Crippen LogP contribution in [0.3, 0.4) is 0 Å². The topological polar surface area (TPSA) is 100 Å². The Morgan fingerprint density at radius 3 is 2.51 bits per heavy atom. The van der Waals surface area contributed by atoms with E-state index >= 15 is 0 Å². The molecule has 1 saturated heterocycles. The number of likely N-dealkylation sites (tertiary alicyclic amines) is 1. The molecule has 3 fully saturated rings. The molecule has 0 unspecified atom stereocenters. The van der Waals surface area contributed by atoms with Crippen molar-refractivity contribution < 1.29 is 11.0 Å². The van der Waals surface area contributed by atoms with Crippen molar-refractivity contribution in [1.82, 2.24) is 20.5 Å². The summed E-state index contributed by atoms with van der Waals surface area (Å²) in [5, 5.41) is 8.70. The Balaban J connectivity index is 0.00000370. The van der Waals surface area contributed by atoms with E-state index in [1.54, 1.807) is 4.90 Å². The molecule has 2 heterocycles. The average Bonchev–Trinajstić information content (AvgIpc) is 3.42. The minimum absolute atomic E-state index is 0. The Hall–Kier alpha value is -2.38. The number of carbonyl (C=O) groups is 2. The Bertz CT molecular complexity index is 1180. The van der Waals surface area contributed by atoms with Crippen LogP contribution in [0.2, 0.25) is 0 Å². The van der Waals surface area contributed by atoms with Gasteiger partial charge in [-0.3, -0.25) is 9.59 Å². The second kappa shape index (κ2) is 13.8. The molecule has 1 aromatic carbocycles. The van der Waals surface area contributed by atoms with Gasteiger partial charge in [0.2, 0.25) is 11.8 Å². The molecule has 0 spiro atoms. The SMILES string of the molecule is Cl.[2H]C1(C[C@H](NC2CCCCC2)C(=O)N2CCC[C@H]2C(=O)NCc2ccc3c(N)nc(C)cc3c2)CCCCC1. The molecular formula is C31H46ClN5O2. The third-order valence-electron chi connectivity index (χ3n) is 8.75. The number of pyridine rings is 1. The van der Waals surface area contributed by atoms with Crippen molar-refractivity contribution in [3.05, 3.63) is 35.5 Å². The number of anilines is 1. The van der Waals surface area contributed by atoms with E-state index in [2.05, 4.69) is 15.6 Å². The summed E-state index contributed by atoms with van der Waals surface area (Å²) >= 11 is 0. The second-order valence-corrected chi connectivity index (χ2v) is 11.7. The van der Waals surface area contributed by atoms with Gasteiger partial charge in [0.15, 0.2) is 0 Å². The van der Waals surface area contributed by atoms with Crippen LogP contribution in [-0.2, 0) is 16.1 Å². The lowest BCUT2D eigenvalue weighted by molar-refractivity contribution is -0.140. The summed E-state index contributed by atoms with van der Waals surface area (Å²) in [7, 11) is 0. The molecule has 5 rings (SSSR count). The van der Waals surface area contributed by atoms with E-state index in [1.807, 2.05) is 31.2 Å². The molecule has 2 amide bonds. The molecule has 2 atom stereocenters. The third kappa shape index (κ3) is 7.43. The monoisotopic (exact) mass is 556 g/mol. The summed E-state index contributed by atoms with van der Waals surface area (Å²) in [4.78, 5) is 33.5. The molecule has 0 bridgehead atoms. The van der Waals surface area contributed by atoms with E-state index in [1.165, 1.54) is 25.7 Å². The largest absolute Gasteiger partial charge is 0.383 e. The first-order valence-corrected chi connectivity index (χ1v) is 14.8. The van der Waals surface area contributed by atoms with Crippen LogP contribution >= 0.6 is 12.4 Å². The quantitative estimate of drug-likeness (QED) is 0.403. The molecule has 1 aliphatic heterocycles. The molecule has 7 nitrogen and oxygen atoms in total. The van der Waals surface area contributed by atoms with Gasteiger partial charge in [-0.25, -0.2) is 4.98 Å². The maximum absolute atomic E-state index is 14.0. The fraction of sp³-hybridized carbons (Fsp3) is 0.645. The van der Waals surface area contributed by atoms with E-state index in [4.69, 9.17) is 7.10 Å². The number of rotatable bonds is 8. The van der Waals surface area contributed by atoms with Gasteiger partial charge >= 0.3 is 0 Å². The molecule has 2 aromatic rings. The Kier molecular flexibility index (Phi) is 9.96. The van der Waals surface area contributed by atoms with Crippen LogP contribution in [0, 0.1) is 12.8 Å². The van der Waals surface area contributed by atoms with Crippen molar-refractivity contribution in [3.63, 3.8) is 0 Å². The highest BCUT2D eigenvalue weighted by molar-refractivity contribution is 5.92. The maximum Gasteiger partial charge on any atom is 0.243 e. The van der Waals surface area contributed by atoms with E-state index < -0.39 is 11.9 Å². The summed E-state index contributed by atoms with van der Waals surface area (Å²) in [6.07, 6.45) is 12.9. The molecule has 4 N–H and O–H groups in total. The van der Waals surface area contributed by atoms with E-state index in [0.717, 1.165) is 67.0 Å². The smallest absolute Gasteiger partial charge is 0.243 e. The van der Waals surface area contributed by atoms with Crippen molar-refractivity contribution >= 4 is 40.8 Å².